The van der Waals surface area contributed by atoms with Gasteiger partial charge in [-0.05, 0) is 57.3 Å². The molecule has 1 nitrogen and oxygen atoms in total. The van der Waals surface area contributed by atoms with E-state index in [1.165, 1.54) is 32.5 Å². The van der Waals surface area contributed by atoms with E-state index >= 15 is 4.57 Å². The highest BCUT2D eigenvalue weighted by Gasteiger charge is 2.34. The zero-order chi connectivity index (χ0) is 32.3. The average molecular weight is 653 g/mol. The second-order valence-corrected chi connectivity index (χ2v) is 17.0. The highest BCUT2D eigenvalue weighted by atomic mass is 31.2. The largest absolute Gasteiger partial charge is 0.309 e. The molecule has 0 aliphatic heterocycles. The second-order valence-electron chi connectivity index (χ2n) is 12.0. The summed E-state index contributed by atoms with van der Waals surface area (Å²) in [6.07, 6.45) is 0.854. The van der Waals surface area contributed by atoms with Crippen LogP contribution in [0.25, 0.3) is 32.7 Å². The summed E-state index contributed by atoms with van der Waals surface area (Å²) < 4.78 is 16.2. The normalized spacial score (nSPS) is 11.7. The van der Waals surface area contributed by atoms with Crippen LogP contribution in [0, 0.1) is 0 Å². The van der Waals surface area contributed by atoms with Crippen LogP contribution >= 0.6 is 15.1 Å². The molecule has 0 saturated carbocycles. The molecule has 0 aliphatic carbocycles. The number of hydrogen-bond acceptors (Lipinski definition) is 1. The van der Waals surface area contributed by atoms with Gasteiger partial charge in [-0.2, -0.15) is 0 Å². The third-order valence-electron chi connectivity index (χ3n) is 9.22. The van der Waals surface area contributed by atoms with E-state index in [0.717, 1.165) is 38.4 Å². The first-order valence-corrected chi connectivity index (χ1v) is 19.6. The first-order chi connectivity index (χ1) is 23.7. The third-order valence-corrected chi connectivity index (χ3v) is 14.8. The summed E-state index contributed by atoms with van der Waals surface area (Å²) >= 11 is 0. The molecule has 0 aromatic heterocycles. The monoisotopic (exact) mass is 652 g/mol. The lowest BCUT2D eigenvalue weighted by Crippen LogP contribution is -2.26. The Morgan fingerprint density at radius 1 is 0.396 bits per heavy atom. The molecule has 0 bridgehead atoms. The van der Waals surface area contributed by atoms with E-state index in [1.807, 2.05) is 60.7 Å². The molecule has 0 unspecified atom stereocenters. The Morgan fingerprint density at radius 3 is 1.33 bits per heavy atom. The fourth-order valence-corrected chi connectivity index (χ4v) is 12.2. The van der Waals surface area contributed by atoms with Crippen LogP contribution in [0.2, 0.25) is 0 Å². The van der Waals surface area contributed by atoms with Crippen LogP contribution < -0.4 is 26.5 Å². The SMILES string of the molecule is O=P(c1ccccc1)(c1ccccc1)c1ccc2ccccc2c1-c1c(CP(c2ccccc2)c2ccccc2)ccc2ccccc12. The Morgan fingerprint density at radius 2 is 0.812 bits per heavy atom. The summed E-state index contributed by atoms with van der Waals surface area (Å²) in [4.78, 5) is 0. The lowest BCUT2D eigenvalue weighted by Gasteiger charge is -2.27. The summed E-state index contributed by atoms with van der Waals surface area (Å²) in [6, 6.07) is 68.1. The first-order valence-electron chi connectivity index (χ1n) is 16.3. The van der Waals surface area contributed by atoms with Crippen LogP contribution in [0.5, 0.6) is 0 Å². The molecule has 0 radical (unpaired) electrons. The van der Waals surface area contributed by atoms with Gasteiger partial charge < -0.3 is 4.57 Å². The van der Waals surface area contributed by atoms with Gasteiger partial charge in [-0.25, -0.2) is 0 Å². The van der Waals surface area contributed by atoms with Gasteiger partial charge >= 0.3 is 0 Å². The molecule has 0 fully saturated rings. The Labute approximate surface area is 283 Å². The molecule has 8 rings (SSSR count). The molecule has 8 aromatic rings. The number of rotatable bonds is 8. The standard InChI is InChI=1S/C45H34OP2/c46-48(39-23-9-3-10-24-39,40-25-11-4-12-26-40)43-32-31-35-18-14-16-28-42(35)45(43)44-36(30-29-34-17-13-15-27-41(34)44)33-47(37-19-5-1-6-20-37)38-21-7-2-8-22-38/h1-32H,33H2. The average Bonchev–Trinajstić information content (AvgIpc) is 3.17. The van der Waals surface area contributed by atoms with Gasteiger partial charge in [0, 0.05) is 27.6 Å². The van der Waals surface area contributed by atoms with Gasteiger partial charge in [-0.3, -0.25) is 0 Å². The molecular formula is C45H34OP2. The zero-order valence-corrected chi connectivity index (χ0v) is 28.3. The Balaban J connectivity index is 1.47. The molecule has 8 aromatic carbocycles. The highest BCUT2D eigenvalue weighted by Crippen LogP contribution is 2.50. The van der Waals surface area contributed by atoms with Crippen LogP contribution in [0.4, 0.5) is 0 Å². The molecule has 0 amide bonds. The van der Waals surface area contributed by atoms with Crippen LogP contribution in [-0.2, 0) is 10.7 Å². The van der Waals surface area contributed by atoms with E-state index < -0.39 is 15.1 Å². The number of fused-ring (bicyclic) bond motifs is 2. The molecule has 0 atom stereocenters. The quantitative estimate of drug-likeness (QED) is 0.149. The zero-order valence-electron chi connectivity index (χ0n) is 26.5. The van der Waals surface area contributed by atoms with Gasteiger partial charge in [-0.15, -0.1) is 0 Å². The van der Waals surface area contributed by atoms with Crippen molar-refractivity contribution in [3.63, 3.8) is 0 Å². The Bertz CT molecular complexity index is 2310. The van der Waals surface area contributed by atoms with Gasteiger partial charge in [0.25, 0.3) is 0 Å². The van der Waals surface area contributed by atoms with Crippen LogP contribution in [-0.4, -0.2) is 0 Å². The predicted molar refractivity (Wildman–Crippen MR) is 209 cm³/mol. The molecule has 0 aliphatic rings. The van der Waals surface area contributed by atoms with Crippen molar-refractivity contribution in [1.82, 2.24) is 0 Å². The van der Waals surface area contributed by atoms with Crippen molar-refractivity contribution >= 4 is 63.1 Å². The summed E-state index contributed by atoms with van der Waals surface area (Å²) in [7, 11) is -4.05. The molecule has 48 heavy (non-hydrogen) atoms. The smallest absolute Gasteiger partial charge is 0.171 e. The molecule has 230 valence electrons. The maximum absolute atomic E-state index is 16.2. The molecule has 0 saturated heterocycles. The fraction of sp³-hybridized carbons (Fsp3) is 0.0222. The molecule has 3 heteroatoms. The Kier molecular flexibility index (Phi) is 8.34. The summed E-state index contributed by atoms with van der Waals surface area (Å²) in [5.41, 5.74) is 3.50. The topological polar surface area (TPSA) is 17.1 Å². The van der Waals surface area contributed by atoms with Crippen molar-refractivity contribution in [3.05, 3.63) is 200 Å². The van der Waals surface area contributed by atoms with E-state index in [2.05, 4.69) is 133 Å². The van der Waals surface area contributed by atoms with E-state index in [4.69, 9.17) is 0 Å². The van der Waals surface area contributed by atoms with Crippen molar-refractivity contribution in [2.24, 2.45) is 0 Å². The minimum atomic E-state index is -3.33. The van der Waals surface area contributed by atoms with Gasteiger partial charge in [0.2, 0.25) is 0 Å². The van der Waals surface area contributed by atoms with Gasteiger partial charge in [-0.1, -0.05) is 188 Å². The molecule has 0 N–H and O–H groups in total. The highest BCUT2D eigenvalue weighted by molar-refractivity contribution is 7.85. The lowest BCUT2D eigenvalue weighted by atomic mass is 9.90. The van der Waals surface area contributed by atoms with E-state index in [1.54, 1.807) is 0 Å². The van der Waals surface area contributed by atoms with Crippen molar-refractivity contribution in [2.45, 2.75) is 6.16 Å². The van der Waals surface area contributed by atoms with Crippen LogP contribution in [0.1, 0.15) is 5.56 Å². The van der Waals surface area contributed by atoms with E-state index in [0.29, 0.717) is 0 Å². The van der Waals surface area contributed by atoms with Gasteiger partial charge in [0.1, 0.15) is 0 Å². The minimum Gasteiger partial charge on any atom is -0.309 e. The maximum atomic E-state index is 16.2. The molecule has 0 spiro atoms. The minimum absolute atomic E-state index is 0.727. The summed E-state index contributed by atoms with van der Waals surface area (Å²) in [5, 5.41) is 9.84. The van der Waals surface area contributed by atoms with Crippen LogP contribution in [0.3, 0.4) is 0 Å². The van der Waals surface area contributed by atoms with Crippen molar-refractivity contribution in [2.75, 3.05) is 0 Å². The predicted octanol–water partition coefficient (Wildman–Crippen LogP) is 9.93. The number of hydrogen-bond donors (Lipinski definition) is 0. The lowest BCUT2D eigenvalue weighted by molar-refractivity contribution is 0.592. The third kappa shape index (κ3) is 5.50. The molecule has 0 heterocycles. The van der Waals surface area contributed by atoms with Gasteiger partial charge in [0.05, 0.1) is 0 Å². The first kappa shape index (κ1) is 30.3. The molecular weight excluding hydrogens is 618 g/mol. The second kappa shape index (κ2) is 13.2. The van der Waals surface area contributed by atoms with Crippen molar-refractivity contribution in [1.29, 1.82) is 0 Å². The number of benzene rings is 8. The van der Waals surface area contributed by atoms with Crippen molar-refractivity contribution < 1.29 is 4.57 Å². The Hall–Kier alpha value is -5.06. The fourth-order valence-electron chi connectivity index (χ4n) is 6.95. The van der Waals surface area contributed by atoms with E-state index in [-0.39, 0.29) is 0 Å². The maximum Gasteiger partial charge on any atom is 0.171 e. The van der Waals surface area contributed by atoms with Crippen molar-refractivity contribution in [3.8, 4) is 11.1 Å². The summed E-state index contributed by atoms with van der Waals surface area (Å²) in [5.74, 6) is 0. The van der Waals surface area contributed by atoms with Gasteiger partial charge in [0.15, 0.2) is 7.14 Å². The van der Waals surface area contributed by atoms with Crippen LogP contribution in [0.15, 0.2) is 194 Å². The van der Waals surface area contributed by atoms with E-state index in [9.17, 15) is 0 Å². The summed E-state index contributed by atoms with van der Waals surface area (Å²) in [6.45, 7) is 0.